The van der Waals surface area contributed by atoms with Crippen molar-refractivity contribution in [3.63, 3.8) is 0 Å². The van der Waals surface area contributed by atoms with Crippen molar-refractivity contribution < 1.29 is 14.3 Å². The minimum atomic E-state index is -0.348. The number of hydrogen-bond acceptors (Lipinski definition) is 3. The Bertz CT molecular complexity index is 402. The second kappa shape index (κ2) is 5.89. The molecule has 0 N–H and O–H groups in total. The number of hydrogen-bond donors (Lipinski definition) is 0. The molecule has 3 heteroatoms. The summed E-state index contributed by atoms with van der Waals surface area (Å²) in [5, 5.41) is 0. The van der Waals surface area contributed by atoms with Gasteiger partial charge in [0.15, 0.2) is 0 Å². The van der Waals surface area contributed by atoms with Crippen LogP contribution in [0.1, 0.15) is 25.3 Å². The van der Waals surface area contributed by atoms with E-state index >= 15 is 0 Å². The van der Waals surface area contributed by atoms with Crippen LogP contribution in [-0.2, 0) is 14.3 Å². The van der Waals surface area contributed by atoms with Gasteiger partial charge >= 0.3 is 5.97 Å². The highest BCUT2D eigenvalue weighted by atomic mass is 16.5. The summed E-state index contributed by atoms with van der Waals surface area (Å²) in [6.45, 7) is 3.22. The molecule has 0 bridgehead atoms. The van der Waals surface area contributed by atoms with Crippen molar-refractivity contribution in [3.8, 4) is 0 Å². The van der Waals surface area contributed by atoms with Crippen LogP contribution in [0.5, 0.6) is 0 Å². The van der Waals surface area contributed by atoms with Crippen molar-refractivity contribution in [2.45, 2.75) is 19.8 Å². The molecule has 1 atom stereocenters. The first-order chi connectivity index (χ1) is 7.65. The van der Waals surface area contributed by atoms with Crippen LogP contribution in [0.15, 0.2) is 35.9 Å². The molecule has 0 fully saturated rings. The van der Waals surface area contributed by atoms with Gasteiger partial charge in [-0.3, -0.25) is 4.79 Å². The van der Waals surface area contributed by atoms with Crippen LogP contribution in [0.3, 0.4) is 0 Å². The van der Waals surface area contributed by atoms with E-state index in [4.69, 9.17) is 4.74 Å². The van der Waals surface area contributed by atoms with E-state index in [1.54, 1.807) is 6.92 Å². The summed E-state index contributed by atoms with van der Waals surface area (Å²) in [7, 11) is 0. The first-order valence-corrected chi connectivity index (χ1v) is 5.05. The molecule has 84 valence electrons. The van der Waals surface area contributed by atoms with Gasteiger partial charge < -0.3 is 4.74 Å². The van der Waals surface area contributed by atoms with E-state index in [1.165, 1.54) is 6.92 Å². The van der Waals surface area contributed by atoms with Crippen molar-refractivity contribution >= 4 is 11.9 Å². The molecule has 1 aromatic rings. The maximum Gasteiger partial charge on any atom is 0.302 e. The van der Waals surface area contributed by atoms with Crippen LogP contribution >= 0.6 is 0 Å². The van der Waals surface area contributed by atoms with Crippen LogP contribution in [0.2, 0.25) is 0 Å². The Hall–Kier alpha value is -1.86. The minimum Gasteiger partial charge on any atom is -0.465 e. The zero-order chi connectivity index (χ0) is 12.0. The lowest BCUT2D eigenvalue weighted by molar-refractivity contribution is -0.141. The zero-order valence-electron chi connectivity index (χ0n) is 9.40. The van der Waals surface area contributed by atoms with Crippen LogP contribution in [0.4, 0.5) is 0 Å². The first-order valence-electron chi connectivity index (χ1n) is 5.05. The van der Waals surface area contributed by atoms with E-state index in [2.05, 4.69) is 0 Å². The van der Waals surface area contributed by atoms with Crippen LogP contribution < -0.4 is 0 Å². The summed E-state index contributed by atoms with van der Waals surface area (Å²) in [6, 6.07) is 9.46. The Kier molecular flexibility index (Phi) is 4.49. The summed E-state index contributed by atoms with van der Waals surface area (Å²) in [5.41, 5.74) is 1.48. The van der Waals surface area contributed by atoms with E-state index in [0.717, 1.165) is 5.56 Å². The molecule has 0 saturated heterocycles. The Balaban J connectivity index is 2.88. The Morgan fingerprint density at radius 2 is 1.94 bits per heavy atom. The van der Waals surface area contributed by atoms with Crippen LogP contribution in [0.25, 0.3) is 0 Å². The molecular weight excluding hydrogens is 204 g/mol. The molecule has 1 unspecified atom stereocenters. The smallest absolute Gasteiger partial charge is 0.302 e. The number of carbonyl (C=O) groups is 1. The number of rotatable bonds is 4. The molecular formula is C13H14O3. The van der Waals surface area contributed by atoms with Gasteiger partial charge in [-0.05, 0) is 12.5 Å². The quantitative estimate of drug-likeness (QED) is 0.574. The van der Waals surface area contributed by atoms with Gasteiger partial charge in [0.05, 0.1) is 0 Å². The van der Waals surface area contributed by atoms with Gasteiger partial charge in [0.25, 0.3) is 0 Å². The minimum absolute atomic E-state index is 0.181. The predicted molar refractivity (Wildman–Crippen MR) is 60.7 cm³/mol. The van der Waals surface area contributed by atoms with Gasteiger partial charge in [-0.15, -0.1) is 0 Å². The number of benzene rings is 1. The molecule has 1 rings (SSSR count). The average Bonchev–Trinajstić information content (AvgIpc) is 2.30. The van der Waals surface area contributed by atoms with E-state index in [-0.39, 0.29) is 18.5 Å². The topological polar surface area (TPSA) is 43.4 Å². The van der Waals surface area contributed by atoms with Gasteiger partial charge in [-0.1, -0.05) is 30.3 Å². The fourth-order valence-electron chi connectivity index (χ4n) is 1.43. The average molecular weight is 218 g/mol. The summed E-state index contributed by atoms with van der Waals surface area (Å²) in [4.78, 5) is 21.4. The highest BCUT2D eigenvalue weighted by molar-refractivity contribution is 5.66. The summed E-state index contributed by atoms with van der Waals surface area (Å²) in [6.07, 6.45) is 0. The number of ether oxygens (including phenoxy) is 1. The van der Waals surface area contributed by atoms with Crippen molar-refractivity contribution in [3.05, 3.63) is 41.5 Å². The summed E-state index contributed by atoms with van der Waals surface area (Å²) < 4.78 is 4.94. The Morgan fingerprint density at radius 1 is 1.31 bits per heavy atom. The SMILES string of the molecule is CC(=O)OCC(C(C)=C=O)c1ccccc1. The third-order valence-electron chi connectivity index (χ3n) is 2.34. The number of carbonyl (C=O) groups excluding carboxylic acids is 2. The van der Waals surface area contributed by atoms with Crippen LogP contribution in [0, 0.1) is 0 Å². The molecule has 16 heavy (non-hydrogen) atoms. The molecule has 0 radical (unpaired) electrons. The van der Waals surface area contributed by atoms with Gasteiger partial charge in [0, 0.05) is 18.4 Å². The molecule has 0 spiro atoms. The van der Waals surface area contributed by atoms with Crippen molar-refractivity contribution in [2.75, 3.05) is 6.61 Å². The highest BCUT2D eigenvalue weighted by Crippen LogP contribution is 2.22. The fraction of sp³-hybridized carbons (Fsp3) is 0.308. The van der Waals surface area contributed by atoms with Gasteiger partial charge in [-0.25, -0.2) is 4.79 Å². The molecule has 0 heterocycles. The highest BCUT2D eigenvalue weighted by Gasteiger charge is 2.15. The van der Waals surface area contributed by atoms with E-state index in [0.29, 0.717) is 5.57 Å². The maximum atomic E-state index is 10.8. The van der Waals surface area contributed by atoms with Gasteiger partial charge in [0.2, 0.25) is 0 Å². The normalized spacial score (nSPS) is 11.4. The molecule has 0 aliphatic carbocycles. The van der Waals surface area contributed by atoms with E-state index in [1.807, 2.05) is 36.3 Å². The van der Waals surface area contributed by atoms with E-state index in [9.17, 15) is 9.59 Å². The van der Waals surface area contributed by atoms with Crippen molar-refractivity contribution in [1.29, 1.82) is 0 Å². The van der Waals surface area contributed by atoms with Gasteiger partial charge in [0.1, 0.15) is 12.5 Å². The van der Waals surface area contributed by atoms with Crippen molar-refractivity contribution in [2.24, 2.45) is 0 Å². The van der Waals surface area contributed by atoms with Crippen molar-refractivity contribution in [1.82, 2.24) is 0 Å². The molecule has 3 nitrogen and oxygen atoms in total. The largest absolute Gasteiger partial charge is 0.465 e. The molecule has 0 saturated carbocycles. The van der Waals surface area contributed by atoms with Gasteiger partial charge in [-0.2, -0.15) is 0 Å². The third kappa shape index (κ3) is 3.37. The summed E-state index contributed by atoms with van der Waals surface area (Å²) in [5.74, 6) is 1.31. The lowest BCUT2D eigenvalue weighted by atomic mass is 9.94. The second-order valence-electron chi connectivity index (χ2n) is 3.55. The zero-order valence-corrected chi connectivity index (χ0v) is 9.40. The maximum absolute atomic E-state index is 10.8. The standard InChI is InChI=1S/C13H14O3/c1-10(8-14)13(9-16-11(2)15)12-6-4-3-5-7-12/h3-7,13H,9H2,1-2H3. The summed E-state index contributed by atoms with van der Waals surface area (Å²) >= 11 is 0. The lowest BCUT2D eigenvalue weighted by Crippen LogP contribution is -2.12. The molecule has 1 aromatic carbocycles. The molecule has 0 aromatic heterocycles. The second-order valence-corrected chi connectivity index (χ2v) is 3.55. The predicted octanol–water partition coefficient (Wildman–Crippen LogP) is 2.11. The molecule has 0 aliphatic heterocycles. The van der Waals surface area contributed by atoms with E-state index < -0.39 is 0 Å². The Morgan fingerprint density at radius 3 is 2.44 bits per heavy atom. The monoisotopic (exact) mass is 218 g/mol. The fourth-order valence-corrected chi connectivity index (χ4v) is 1.43. The lowest BCUT2D eigenvalue weighted by Gasteiger charge is -2.15. The number of esters is 1. The first kappa shape index (κ1) is 12.2. The molecule has 0 aliphatic rings. The Labute approximate surface area is 94.7 Å². The van der Waals surface area contributed by atoms with Crippen LogP contribution in [-0.4, -0.2) is 18.5 Å². The molecule has 0 amide bonds. The third-order valence-corrected chi connectivity index (χ3v) is 2.34.